The topological polar surface area (TPSA) is 117 Å². The van der Waals surface area contributed by atoms with E-state index in [-0.39, 0.29) is 24.7 Å². The zero-order valence-electron chi connectivity index (χ0n) is 17.7. The molecule has 9 nitrogen and oxygen atoms in total. The Morgan fingerprint density at radius 3 is 2.75 bits per heavy atom. The number of nitrogens with one attached hydrogen (secondary N) is 1. The van der Waals surface area contributed by atoms with Crippen molar-refractivity contribution < 1.29 is 28.6 Å². The monoisotopic (exact) mass is 444 g/mol. The van der Waals surface area contributed by atoms with Gasteiger partial charge in [-0.05, 0) is 42.9 Å². The van der Waals surface area contributed by atoms with Crippen molar-refractivity contribution in [3.8, 4) is 11.5 Å². The Morgan fingerprint density at radius 2 is 2.09 bits per heavy atom. The van der Waals surface area contributed by atoms with Gasteiger partial charge in [-0.15, -0.1) is 0 Å². The van der Waals surface area contributed by atoms with Gasteiger partial charge in [0.2, 0.25) is 5.91 Å². The maximum atomic E-state index is 14.3. The number of halogens is 1. The third-order valence-corrected chi connectivity index (χ3v) is 5.95. The summed E-state index contributed by atoms with van der Waals surface area (Å²) in [4.78, 5) is 24.9. The highest BCUT2D eigenvalue weighted by Crippen LogP contribution is 2.54. The molecule has 0 bridgehead atoms. The SMILES string of the molecule is CNC(CC(N)=O)N1C2c3cc(F)ccc3OC[C@H]2[C@@H](c2cccc(O)c2)N1C(=O)OC. The standard InChI is InChI=1S/C22H25FN4O5/c1-25-19(10-18(24)29)26-21-15-9-13(23)6-7-17(15)32-11-16(21)20(27(26)22(30)31-2)12-4-3-5-14(28)8-12/h3-9,16,19-21,25,28H,10-11H2,1-2H3,(H2,24,29)/t16-,19?,20+,21?/m0/s1. The first-order chi connectivity index (χ1) is 15.3. The number of methoxy groups -OCH3 is 1. The lowest BCUT2D eigenvalue weighted by Gasteiger charge is -2.39. The van der Waals surface area contributed by atoms with Crippen LogP contribution in [0.3, 0.4) is 0 Å². The normalized spacial score (nSPS) is 23.1. The second-order valence-electron chi connectivity index (χ2n) is 7.81. The minimum absolute atomic E-state index is 0.0350. The van der Waals surface area contributed by atoms with Crippen molar-refractivity contribution >= 4 is 12.0 Å². The van der Waals surface area contributed by atoms with Crippen LogP contribution in [-0.2, 0) is 9.53 Å². The highest BCUT2D eigenvalue weighted by atomic mass is 19.1. The molecular formula is C22H25FN4O5. The molecule has 32 heavy (non-hydrogen) atoms. The Bertz CT molecular complexity index is 1040. The second kappa shape index (κ2) is 8.64. The van der Waals surface area contributed by atoms with Gasteiger partial charge in [-0.25, -0.2) is 14.2 Å². The smallest absolute Gasteiger partial charge is 0.424 e. The summed E-state index contributed by atoms with van der Waals surface area (Å²) >= 11 is 0. The van der Waals surface area contributed by atoms with Crippen LogP contribution in [0.25, 0.3) is 0 Å². The van der Waals surface area contributed by atoms with Crippen LogP contribution in [0, 0.1) is 11.7 Å². The van der Waals surface area contributed by atoms with Gasteiger partial charge in [0.1, 0.15) is 17.3 Å². The number of hydrazine groups is 1. The number of nitrogens with two attached hydrogens (primary N) is 1. The average molecular weight is 444 g/mol. The molecule has 1 saturated heterocycles. The maximum Gasteiger partial charge on any atom is 0.424 e. The Morgan fingerprint density at radius 1 is 1.31 bits per heavy atom. The molecule has 2 aromatic rings. The summed E-state index contributed by atoms with van der Waals surface area (Å²) in [5.41, 5.74) is 6.67. The Hall–Kier alpha value is -3.37. The van der Waals surface area contributed by atoms with Crippen molar-refractivity contribution in [1.82, 2.24) is 15.3 Å². The lowest BCUT2D eigenvalue weighted by Crippen LogP contribution is -2.54. The second-order valence-corrected chi connectivity index (χ2v) is 7.81. The molecule has 4 atom stereocenters. The first kappa shape index (κ1) is 21.8. The Kier molecular flexibility index (Phi) is 5.90. The van der Waals surface area contributed by atoms with Gasteiger partial charge in [0.05, 0.1) is 38.4 Å². The summed E-state index contributed by atoms with van der Waals surface area (Å²) in [7, 11) is 2.90. The van der Waals surface area contributed by atoms with Gasteiger partial charge in [0.15, 0.2) is 0 Å². The summed E-state index contributed by atoms with van der Waals surface area (Å²) < 4.78 is 25.3. The Balaban J connectivity index is 1.92. The van der Waals surface area contributed by atoms with Crippen molar-refractivity contribution in [2.45, 2.75) is 24.7 Å². The highest BCUT2D eigenvalue weighted by Gasteiger charge is 2.56. The van der Waals surface area contributed by atoms with Gasteiger partial charge in [0, 0.05) is 11.5 Å². The van der Waals surface area contributed by atoms with Crippen LogP contribution in [0.2, 0.25) is 0 Å². The van der Waals surface area contributed by atoms with Gasteiger partial charge in [0.25, 0.3) is 0 Å². The number of rotatable bonds is 5. The fourth-order valence-electron chi connectivity index (χ4n) is 4.71. The molecule has 0 radical (unpaired) electrons. The van der Waals surface area contributed by atoms with Crippen molar-refractivity contribution in [3.63, 3.8) is 0 Å². The number of phenols is 1. The van der Waals surface area contributed by atoms with Crippen molar-refractivity contribution in [2.75, 3.05) is 20.8 Å². The fourth-order valence-corrected chi connectivity index (χ4v) is 4.71. The molecule has 2 amide bonds. The van der Waals surface area contributed by atoms with E-state index < -0.39 is 36.1 Å². The number of phenolic OH excluding ortho intramolecular Hbond substituents is 1. The van der Waals surface area contributed by atoms with Gasteiger partial charge < -0.3 is 25.6 Å². The zero-order valence-corrected chi connectivity index (χ0v) is 17.7. The third kappa shape index (κ3) is 3.71. The number of aromatic hydroxyl groups is 1. The summed E-state index contributed by atoms with van der Waals surface area (Å²) in [6.45, 7) is 0.223. The number of amides is 2. The van der Waals surface area contributed by atoms with Gasteiger partial charge in [-0.1, -0.05) is 12.1 Å². The molecule has 2 heterocycles. The molecule has 2 aliphatic rings. The van der Waals surface area contributed by atoms with Gasteiger partial charge in [-0.2, -0.15) is 5.01 Å². The molecule has 0 aromatic heterocycles. The lowest BCUT2D eigenvalue weighted by atomic mass is 9.84. The molecule has 0 saturated carbocycles. The van der Waals surface area contributed by atoms with E-state index in [1.54, 1.807) is 36.3 Å². The number of primary amides is 1. The number of fused-ring (bicyclic) bond motifs is 3. The quantitative estimate of drug-likeness (QED) is 0.646. The summed E-state index contributed by atoms with van der Waals surface area (Å²) in [6.07, 6.45) is -1.46. The van der Waals surface area contributed by atoms with Crippen LogP contribution in [0.4, 0.5) is 9.18 Å². The van der Waals surface area contributed by atoms with Crippen LogP contribution in [0.1, 0.15) is 29.6 Å². The van der Waals surface area contributed by atoms with Crippen LogP contribution >= 0.6 is 0 Å². The molecule has 2 aliphatic heterocycles. The lowest BCUT2D eigenvalue weighted by molar-refractivity contribution is -0.123. The van der Waals surface area contributed by atoms with E-state index in [2.05, 4.69) is 5.32 Å². The largest absolute Gasteiger partial charge is 0.508 e. The van der Waals surface area contributed by atoms with Crippen molar-refractivity contribution in [3.05, 3.63) is 59.4 Å². The minimum Gasteiger partial charge on any atom is -0.508 e. The number of hydrogen-bond donors (Lipinski definition) is 3. The van der Waals surface area contributed by atoms with E-state index in [1.165, 1.54) is 30.3 Å². The van der Waals surface area contributed by atoms with Crippen LogP contribution < -0.4 is 15.8 Å². The van der Waals surface area contributed by atoms with Crippen LogP contribution in [0.15, 0.2) is 42.5 Å². The molecule has 170 valence electrons. The molecule has 2 aromatic carbocycles. The van der Waals surface area contributed by atoms with Crippen LogP contribution in [-0.4, -0.2) is 54.1 Å². The Labute approximate surface area is 184 Å². The van der Waals surface area contributed by atoms with Crippen LogP contribution in [0.5, 0.6) is 11.5 Å². The minimum atomic E-state index is -0.685. The predicted octanol–water partition coefficient (Wildman–Crippen LogP) is 2.04. The fraction of sp³-hybridized carbons (Fsp3) is 0.364. The zero-order chi connectivity index (χ0) is 23.0. The molecule has 2 unspecified atom stereocenters. The predicted molar refractivity (Wildman–Crippen MR) is 112 cm³/mol. The first-order valence-electron chi connectivity index (χ1n) is 10.2. The molecule has 10 heteroatoms. The van der Waals surface area contributed by atoms with Crippen molar-refractivity contribution in [2.24, 2.45) is 11.7 Å². The molecular weight excluding hydrogens is 419 g/mol. The molecule has 4 N–H and O–H groups in total. The molecule has 1 fully saturated rings. The van der Waals surface area contributed by atoms with E-state index >= 15 is 0 Å². The van der Waals surface area contributed by atoms with E-state index in [0.717, 1.165) is 0 Å². The summed E-state index contributed by atoms with van der Waals surface area (Å²) in [5, 5.41) is 16.2. The maximum absolute atomic E-state index is 14.3. The molecule has 4 rings (SSSR count). The molecule has 0 aliphatic carbocycles. The number of hydrogen-bond acceptors (Lipinski definition) is 7. The van der Waals surface area contributed by atoms with Gasteiger partial charge >= 0.3 is 6.09 Å². The number of nitrogens with zero attached hydrogens (tertiary/aromatic N) is 2. The third-order valence-electron chi connectivity index (χ3n) is 5.95. The average Bonchev–Trinajstić information content (AvgIpc) is 3.12. The molecule has 0 spiro atoms. The number of benzene rings is 2. The number of ether oxygens (including phenoxy) is 2. The first-order valence-corrected chi connectivity index (χ1v) is 10.2. The number of carbonyl (C=O) groups is 2. The number of carbonyl (C=O) groups excluding carboxylic acids is 2. The highest BCUT2D eigenvalue weighted by molar-refractivity contribution is 5.74. The van der Waals surface area contributed by atoms with E-state index in [4.69, 9.17) is 15.2 Å². The summed E-state index contributed by atoms with van der Waals surface area (Å²) in [6, 6.07) is 9.63. The van der Waals surface area contributed by atoms with E-state index in [9.17, 15) is 19.1 Å². The van der Waals surface area contributed by atoms with Crippen molar-refractivity contribution in [1.29, 1.82) is 0 Å². The summed E-state index contributed by atoms with van der Waals surface area (Å²) in [5.74, 6) is -0.845. The van der Waals surface area contributed by atoms with E-state index in [0.29, 0.717) is 16.9 Å². The van der Waals surface area contributed by atoms with Gasteiger partial charge in [-0.3, -0.25) is 4.79 Å². The van der Waals surface area contributed by atoms with E-state index in [1.807, 2.05) is 0 Å².